The van der Waals surface area contributed by atoms with Crippen molar-refractivity contribution in [3.63, 3.8) is 0 Å². The molecule has 1 N–H and O–H groups in total. The van der Waals surface area contributed by atoms with Crippen molar-refractivity contribution in [1.82, 2.24) is 14.9 Å². The molecule has 5 rings (SSSR count). The lowest BCUT2D eigenvalue weighted by molar-refractivity contribution is 0.0591. The number of amides is 1. The first-order valence-corrected chi connectivity index (χ1v) is 10.5. The monoisotopic (exact) mass is 411 g/mol. The second-order valence-corrected chi connectivity index (χ2v) is 8.35. The summed E-state index contributed by atoms with van der Waals surface area (Å²) in [5.74, 6) is 0.0430. The van der Waals surface area contributed by atoms with Crippen molar-refractivity contribution in [2.24, 2.45) is 0 Å². The summed E-state index contributed by atoms with van der Waals surface area (Å²) in [6.45, 7) is 1.34. The number of hydrogen-bond acceptors (Lipinski definition) is 4. The van der Waals surface area contributed by atoms with Gasteiger partial charge in [-0.2, -0.15) is 0 Å². The van der Waals surface area contributed by atoms with E-state index in [2.05, 4.69) is 9.97 Å². The number of fused-ring (bicyclic) bond motifs is 2. The van der Waals surface area contributed by atoms with Crippen LogP contribution in [0.25, 0.3) is 21.1 Å². The number of aromatic nitrogens is 2. The number of carbonyl (C=O) groups is 1. The Bertz CT molecular complexity index is 1130. The van der Waals surface area contributed by atoms with E-state index in [0.29, 0.717) is 29.0 Å². The van der Waals surface area contributed by atoms with Crippen LogP contribution in [0.5, 0.6) is 5.19 Å². The minimum absolute atomic E-state index is 0.0430. The van der Waals surface area contributed by atoms with E-state index in [-0.39, 0.29) is 12.0 Å². The molecule has 0 bridgehead atoms. The van der Waals surface area contributed by atoms with Crippen molar-refractivity contribution in [2.45, 2.75) is 18.9 Å². The number of halogens is 1. The van der Waals surface area contributed by atoms with Crippen LogP contribution in [0.1, 0.15) is 23.3 Å². The summed E-state index contributed by atoms with van der Waals surface area (Å²) >= 11 is 7.70. The van der Waals surface area contributed by atoms with Crippen molar-refractivity contribution in [1.29, 1.82) is 0 Å². The molecule has 142 valence electrons. The Hall–Kier alpha value is -2.57. The van der Waals surface area contributed by atoms with E-state index < -0.39 is 0 Å². The van der Waals surface area contributed by atoms with E-state index in [4.69, 9.17) is 16.3 Å². The van der Waals surface area contributed by atoms with Gasteiger partial charge >= 0.3 is 0 Å². The molecular formula is C21H18ClN3O2S. The average Bonchev–Trinajstić information content (AvgIpc) is 3.32. The van der Waals surface area contributed by atoms with Gasteiger partial charge in [-0.25, -0.2) is 4.98 Å². The van der Waals surface area contributed by atoms with E-state index in [0.717, 1.165) is 34.0 Å². The lowest BCUT2D eigenvalue weighted by Gasteiger charge is -2.31. The van der Waals surface area contributed by atoms with Crippen LogP contribution in [-0.4, -0.2) is 40.0 Å². The fourth-order valence-corrected chi connectivity index (χ4v) is 4.80. The average molecular weight is 412 g/mol. The molecule has 0 radical (unpaired) electrons. The lowest BCUT2D eigenvalue weighted by Crippen LogP contribution is -2.41. The number of nitrogens with one attached hydrogen (secondary N) is 1. The highest BCUT2D eigenvalue weighted by Crippen LogP contribution is 2.33. The number of thiazole rings is 1. The maximum absolute atomic E-state index is 12.8. The zero-order valence-electron chi connectivity index (χ0n) is 15.0. The van der Waals surface area contributed by atoms with Gasteiger partial charge in [0.15, 0.2) is 0 Å². The third-order valence-electron chi connectivity index (χ3n) is 5.11. The van der Waals surface area contributed by atoms with E-state index in [9.17, 15) is 4.79 Å². The summed E-state index contributed by atoms with van der Waals surface area (Å²) in [5.41, 5.74) is 2.41. The van der Waals surface area contributed by atoms with E-state index in [1.54, 1.807) is 0 Å². The Kier molecular flexibility index (Phi) is 4.45. The van der Waals surface area contributed by atoms with Crippen LogP contribution in [0, 0.1) is 0 Å². The Balaban J connectivity index is 1.24. The molecule has 0 saturated carbocycles. The topological polar surface area (TPSA) is 58.2 Å². The van der Waals surface area contributed by atoms with Gasteiger partial charge in [0.2, 0.25) is 0 Å². The molecule has 7 heteroatoms. The van der Waals surface area contributed by atoms with Crippen molar-refractivity contribution in [3.05, 3.63) is 59.2 Å². The summed E-state index contributed by atoms with van der Waals surface area (Å²) in [6.07, 6.45) is 1.64. The molecule has 2 aromatic carbocycles. The molecule has 28 heavy (non-hydrogen) atoms. The first kappa shape index (κ1) is 17.5. The van der Waals surface area contributed by atoms with Crippen LogP contribution in [0.3, 0.4) is 0 Å². The van der Waals surface area contributed by atoms with Crippen LogP contribution in [0.4, 0.5) is 0 Å². The predicted molar refractivity (Wildman–Crippen MR) is 112 cm³/mol. The molecule has 4 aromatic rings. The molecule has 0 atom stereocenters. The molecule has 2 aromatic heterocycles. The summed E-state index contributed by atoms with van der Waals surface area (Å²) in [5, 5.41) is 2.34. The van der Waals surface area contributed by atoms with Gasteiger partial charge in [-0.15, -0.1) is 0 Å². The maximum Gasteiger partial charge on any atom is 0.274 e. The summed E-state index contributed by atoms with van der Waals surface area (Å²) in [4.78, 5) is 22.4. The van der Waals surface area contributed by atoms with Crippen LogP contribution in [-0.2, 0) is 0 Å². The zero-order valence-corrected chi connectivity index (χ0v) is 16.6. The third kappa shape index (κ3) is 3.23. The normalized spacial score (nSPS) is 15.4. The van der Waals surface area contributed by atoms with Crippen molar-refractivity contribution < 1.29 is 9.53 Å². The molecular weight excluding hydrogens is 394 g/mol. The Morgan fingerprint density at radius 1 is 1.18 bits per heavy atom. The standard InChI is InChI=1S/C21H18ClN3O2S/c22-15-5-3-7-18-19(15)24-21(28-18)27-14-8-10-25(11-9-14)20(26)17-12-13-4-1-2-6-16(13)23-17/h1-7,12,14,23H,8-11H2. The highest BCUT2D eigenvalue weighted by atomic mass is 35.5. The number of piperidine rings is 1. The number of rotatable bonds is 3. The first-order valence-electron chi connectivity index (χ1n) is 9.26. The summed E-state index contributed by atoms with van der Waals surface area (Å²) in [6, 6.07) is 15.6. The number of benzene rings is 2. The maximum atomic E-state index is 12.8. The molecule has 0 unspecified atom stereocenters. The van der Waals surface area contributed by atoms with Crippen molar-refractivity contribution in [2.75, 3.05) is 13.1 Å². The summed E-state index contributed by atoms with van der Waals surface area (Å²) in [7, 11) is 0. The highest BCUT2D eigenvalue weighted by Gasteiger charge is 2.26. The van der Waals surface area contributed by atoms with Crippen molar-refractivity contribution in [3.8, 4) is 5.19 Å². The molecule has 5 nitrogen and oxygen atoms in total. The highest BCUT2D eigenvalue weighted by molar-refractivity contribution is 7.20. The molecule has 1 amide bonds. The number of aromatic amines is 1. The van der Waals surface area contributed by atoms with Crippen LogP contribution >= 0.6 is 22.9 Å². The SMILES string of the molecule is O=C(c1cc2ccccc2[nH]1)N1CCC(Oc2nc3c(Cl)cccc3s2)CC1. The van der Waals surface area contributed by atoms with Gasteiger partial charge in [-0.05, 0) is 24.3 Å². The molecule has 0 aliphatic carbocycles. The fourth-order valence-electron chi connectivity index (χ4n) is 3.62. The van der Waals surface area contributed by atoms with E-state index in [1.807, 2.05) is 53.4 Å². The number of carbonyl (C=O) groups excluding carboxylic acids is 1. The van der Waals surface area contributed by atoms with E-state index >= 15 is 0 Å². The van der Waals surface area contributed by atoms with Gasteiger partial charge in [0, 0.05) is 36.8 Å². The Morgan fingerprint density at radius 2 is 2.00 bits per heavy atom. The number of nitrogens with zero attached hydrogens (tertiary/aromatic N) is 2. The first-order chi connectivity index (χ1) is 13.7. The fraction of sp³-hybridized carbons (Fsp3) is 0.238. The number of hydrogen-bond donors (Lipinski definition) is 1. The predicted octanol–water partition coefficient (Wildman–Crippen LogP) is 5.11. The third-order valence-corrected chi connectivity index (χ3v) is 6.32. The summed E-state index contributed by atoms with van der Waals surface area (Å²) < 4.78 is 7.10. The Labute approximate surface area is 170 Å². The van der Waals surface area contributed by atoms with Gasteiger partial charge in [0.05, 0.1) is 9.72 Å². The Morgan fingerprint density at radius 3 is 2.79 bits per heavy atom. The number of para-hydroxylation sites is 2. The molecule has 1 aliphatic rings. The van der Waals surface area contributed by atoms with Gasteiger partial charge < -0.3 is 14.6 Å². The van der Waals surface area contributed by atoms with Gasteiger partial charge in [0.1, 0.15) is 17.3 Å². The minimum Gasteiger partial charge on any atom is -0.467 e. The second kappa shape index (κ2) is 7.11. The van der Waals surface area contributed by atoms with Gasteiger partial charge in [-0.1, -0.05) is 47.2 Å². The molecule has 0 spiro atoms. The quantitative estimate of drug-likeness (QED) is 0.509. The van der Waals surface area contributed by atoms with Crippen LogP contribution < -0.4 is 4.74 Å². The van der Waals surface area contributed by atoms with Crippen molar-refractivity contribution >= 4 is 50.0 Å². The molecule has 1 aliphatic heterocycles. The van der Waals surface area contributed by atoms with Crippen LogP contribution in [0.2, 0.25) is 5.02 Å². The number of likely N-dealkylation sites (tertiary alicyclic amines) is 1. The number of ether oxygens (including phenoxy) is 1. The zero-order chi connectivity index (χ0) is 19.1. The smallest absolute Gasteiger partial charge is 0.274 e. The second-order valence-electron chi connectivity index (χ2n) is 6.95. The lowest BCUT2D eigenvalue weighted by atomic mass is 10.1. The number of H-pyrrole nitrogens is 1. The largest absolute Gasteiger partial charge is 0.467 e. The van der Waals surface area contributed by atoms with Gasteiger partial charge in [-0.3, -0.25) is 4.79 Å². The minimum atomic E-state index is 0.0430. The molecule has 1 fully saturated rings. The molecule has 1 saturated heterocycles. The van der Waals surface area contributed by atoms with Gasteiger partial charge in [0.25, 0.3) is 11.1 Å². The van der Waals surface area contributed by atoms with E-state index in [1.165, 1.54) is 11.3 Å². The molecule has 3 heterocycles. The van der Waals surface area contributed by atoms with Crippen LogP contribution in [0.15, 0.2) is 48.5 Å².